The van der Waals surface area contributed by atoms with Gasteiger partial charge < -0.3 is 4.74 Å². The van der Waals surface area contributed by atoms with E-state index in [2.05, 4.69) is 6.07 Å². The minimum atomic E-state index is -0.594. The summed E-state index contributed by atoms with van der Waals surface area (Å²) in [7, 11) is 0. The van der Waals surface area contributed by atoms with E-state index in [4.69, 9.17) is 10.00 Å². The molecule has 0 saturated carbocycles. The number of nitriles is 2. The van der Waals surface area contributed by atoms with Crippen LogP contribution in [0.25, 0.3) is 6.08 Å². The maximum atomic E-state index is 12.6. The highest BCUT2D eigenvalue weighted by Gasteiger charge is 2.15. The molecule has 0 bridgehead atoms. The third kappa shape index (κ3) is 5.41. The smallest absolute Gasteiger partial charge is 0.270 e. The summed E-state index contributed by atoms with van der Waals surface area (Å²) in [6.07, 6.45) is 1.42. The van der Waals surface area contributed by atoms with Crippen molar-refractivity contribution >= 4 is 17.5 Å². The lowest BCUT2D eigenvalue weighted by atomic mass is 10.0. The van der Waals surface area contributed by atoms with Crippen molar-refractivity contribution in [1.82, 2.24) is 0 Å². The number of hydrogen-bond acceptors (Lipinski definition) is 6. The zero-order valence-electron chi connectivity index (χ0n) is 16.2. The largest absolute Gasteiger partial charge is 0.489 e. The van der Waals surface area contributed by atoms with E-state index >= 15 is 0 Å². The molecule has 0 saturated heterocycles. The van der Waals surface area contributed by atoms with Crippen LogP contribution in [0.15, 0.2) is 78.4 Å². The number of Topliss-reactive ketones (excluding diaryl/α,β-unsaturated/α-hetero) is 1. The number of hydrogen-bond donors (Lipinski definition) is 0. The van der Waals surface area contributed by atoms with Gasteiger partial charge in [-0.1, -0.05) is 36.4 Å². The number of benzene rings is 3. The number of nitro groups is 1. The third-order valence-corrected chi connectivity index (χ3v) is 4.36. The Morgan fingerprint density at radius 3 is 2.35 bits per heavy atom. The van der Waals surface area contributed by atoms with Crippen molar-refractivity contribution < 1.29 is 14.5 Å². The number of allylic oxidation sites excluding steroid dienone is 1. The summed E-state index contributed by atoms with van der Waals surface area (Å²) in [5.74, 6) is 0.0115. The normalized spacial score (nSPS) is 10.6. The van der Waals surface area contributed by atoms with Gasteiger partial charge in [0.2, 0.25) is 5.78 Å². The summed E-state index contributed by atoms with van der Waals surface area (Å²) in [4.78, 5) is 22.9. The molecule has 150 valence electrons. The van der Waals surface area contributed by atoms with Gasteiger partial charge in [-0.25, -0.2) is 0 Å². The molecule has 0 heterocycles. The van der Waals surface area contributed by atoms with E-state index in [1.807, 2.05) is 18.2 Å². The van der Waals surface area contributed by atoms with Crippen LogP contribution in [-0.4, -0.2) is 10.7 Å². The number of carbonyl (C=O) groups excluding carboxylic acids is 1. The van der Waals surface area contributed by atoms with Gasteiger partial charge >= 0.3 is 0 Å². The van der Waals surface area contributed by atoms with Crippen molar-refractivity contribution in [2.45, 2.75) is 6.61 Å². The van der Waals surface area contributed by atoms with Gasteiger partial charge in [0.25, 0.3) is 5.69 Å². The molecule has 0 amide bonds. The Labute approximate surface area is 178 Å². The highest BCUT2D eigenvalue weighted by molar-refractivity contribution is 6.14. The van der Waals surface area contributed by atoms with E-state index in [9.17, 15) is 20.2 Å². The van der Waals surface area contributed by atoms with Crippen molar-refractivity contribution in [1.29, 1.82) is 10.5 Å². The molecule has 0 aromatic heterocycles. The van der Waals surface area contributed by atoms with Crippen LogP contribution in [0.1, 0.15) is 27.0 Å². The summed E-state index contributed by atoms with van der Waals surface area (Å²) in [6.45, 7) is 0.329. The molecule has 0 unspecified atom stereocenters. The molecule has 0 aliphatic heterocycles. The molecular formula is C24H15N3O4. The molecule has 31 heavy (non-hydrogen) atoms. The van der Waals surface area contributed by atoms with Gasteiger partial charge in [0.1, 0.15) is 24.0 Å². The van der Waals surface area contributed by atoms with Gasteiger partial charge in [-0.05, 0) is 41.5 Å². The van der Waals surface area contributed by atoms with Crippen molar-refractivity contribution in [2.24, 2.45) is 0 Å². The first-order valence-electron chi connectivity index (χ1n) is 9.13. The SMILES string of the molecule is N#C/C(=C\c1ccc(OCc2ccc(C#N)cc2)cc1)C(=O)c1cccc([N+](=O)[O-])c1. The molecule has 0 spiro atoms. The Morgan fingerprint density at radius 2 is 1.74 bits per heavy atom. The van der Waals surface area contributed by atoms with E-state index in [0.29, 0.717) is 23.5 Å². The van der Waals surface area contributed by atoms with E-state index in [0.717, 1.165) is 11.6 Å². The quantitative estimate of drug-likeness (QED) is 0.181. The van der Waals surface area contributed by atoms with Crippen LogP contribution < -0.4 is 4.74 Å². The number of non-ortho nitro benzene ring substituents is 1. The number of carbonyl (C=O) groups is 1. The predicted octanol–water partition coefficient (Wildman–Crippen LogP) is 4.84. The highest BCUT2D eigenvalue weighted by Crippen LogP contribution is 2.20. The second kappa shape index (κ2) is 9.64. The molecular weight excluding hydrogens is 394 g/mol. The summed E-state index contributed by atoms with van der Waals surface area (Å²) >= 11 is 0. The fourth-order valence-electron chi connectivity index (χ4n) is 2.73. The topological polar surface area (TPSA) is 117 Å². The second-order valence-electron chi connectivity index (χ2n) is 6.47. The van der Waals surface area contributed by atoms with Gasteiger partial charge in [-0.15, -0.1) is 0 Å². The Bertz CT molecular complexity index is 1230. The van der Waals surface area contributed by atoms with Crippen LogP contribution in [0.3, 0.4) is 0 Å². The Kier molecular flexibility index (Phi) is 6.52. The number of rotatable bonds is 7. The van der Waals surface area contributed by atoms with Crippen LogP contribution in [0.4, 0.5) is 5.69 Å². The number of ether oxygens (including phenoxy) is 1. The first-order valence-corrected chi connectivity index (χ1v) is 9.13. The minimum absolute atomic E-state index is 0.0735. The van der Waals surface area contributed by atoms with Crippen LogP contribution in [-0.2, 0) is 6.61 Å². The highest BCUT2D eigenvalue weighted by atomic mass is 16.6. The second-order valence-corrected chi connectivity index (χ2v) is 6.47. The van der Waals surface area contributed by atoms with Crippen molar-refractivity contribution in [3.63, 3.8) is 0 Å². The molecule has 0 aliphatic rings. The molecule has 3 aromatic rings. The van der Waals surface area contributed by atoms with E-state index < -0.39 is 10.7 Å². The number of nitrogens with zero attached hydrogens (tertiary/aromatic N) is 3. The van der Waals surface area contributed by atoms with Crippen molar-refractivity contribution in [3.8, 4) is 17.9 Å². The molecule has 0 N–H and O–H groups in total. The average Bonchev–Trinajstić information content (AvgIpc) is 2.82. The number of ketones is 1. The van der Waals surface area contributed by atoms with Gasteiger partial charge in [0.15, 0.2) is 0 Å². The first kappa shape index (κ1) is 21.0. The Balaban J connectivity index is 1.70. The third-order valence-electron chi connectivity index (χ3n) is 4.36. The van der Waals surface area contributed by atoms with Crippen LogP contribution >= 0.6 is 0 Å². The van der Waals surface area contributed by atoms with Gasteiger partial charge in [-0.3, -0.25) is 14.9 Å². The molecule has 0 aliphatic carbocycles. The fraction of sp³-hybridized carbons (Fsp3) is 0.0417. The van der Waals surface area contributed by atoms with Crippen molar-refractivity contribution in [3.05, 3.63) is 111 Å². The van der Waals surface area contributed by atoms with Crippen LogP contribution in [0, 0.1) is 32.8 Å². The fourth-order valence-corrected chi connectivity index (χ4v) is 2.73. The minimum Gasteiger partial charge on any atom is -0.489 e. The molecule has 0 fully saturated rings. The summed E-state index contributed by atoms with van der Waals surface area (Å²) in [5, 5.41) is 29.1. The summed E-state index contributed by atoms with van der Waals surface area (Å²) in [6, 6.07) is 23.1. The van der Waals surface area contributed by atoms with E-state index in [-0.39, 0.29) is 16.8 Å². The zero-order chi connectivity index (χ0) is 22.2. The van der Waals surface area contributed by atoms with Crippen LogP contribution in [0.2, 0.25) is 0 Å². The molecule has 0 radical (unpaired) electrons. The Hall–Kier alpha value is -4.75. The molecule has 3 rings (SSSR count). The average molecular weight is 409 g/mol. The molecule has 7 nitrogen and oxygen atoms in total. The molecule has 3 aromatic carbocycles. The zero-order valence-corrected chi connectivity index (χ0v) is 16.2. The van der Waals surface area contributed by atoms with Crippen molar-refractivity contribution in [2.75, 3.05) is 0 Å². The van der Waals surface area contributed by atoms with E-state index in [1.165, 1.54) is 24.3 Å². The standard InChI is InChI=1S/C24H15N3O4/c25-14-18-4-6-19(7-5-18)16-31-23-10-8-17(9-11-23)12-21(15-26)24(28)20-2-1-3-22(13-20)27(29)30/h1-13H,16H2/b21-12+. The van der Waals surface area contributed by atoms with Crippen LogP contribution in [0.5, 0.6) is 5.75 Å². The molecule has 0 atom stereocenters. The van der Waals surface area contributed by atoms with Gasteiger partial charge in [-0.2, -0.15) is 10.5 Å². The predicted molar refractivity (Wildman–Crippen MR) is 113 cm³/mol. The van der Waals surface area contributed by atoms with Gasteiger partial charge in [0.05, 0.1) is 16.6 Å². The number of nitro benzene ring substituents is 1. The van der Waals surface area contributed by atoms with Gasteiger partial charge in [0, 0.05) is 17.7 Å². The Morgan fingerprint density at radius 1 is 1.03 bits per heavy atom. The lowest BCUT2D eigenvalue weighted by molar-refractivity contribution is -0.384. The summed E-state index contributed by atoms with van der Waals surface area (Å²) in [5.41, 5.74) is 1.83. The monoisotopic (exact) mass is 409 g/mol. The maximum absolute atomic E-state index is 12.6. The lowest BCUT2D eigenvalue weighted by Crippen LogP contribution is -2.02. The molecule has 7 heteroatoms. The lowest BCUT2D eigenvalue weighted by Gasteiger charge is -2.07. The first-order chi connectivity index (χ1) is 15.0. The van der Waals surface area contributed by atoms with E-state index in [1.54, 1.807) is 36.4 Å². The maximum Gasteiger partial charge on any atom is 0.270 e. The summed E-state index contributed by atoms with van der Waals surface area (Å²) < 4.78 is 5.70.